The van der Waals surface area contributed by atoms with Crippen LogP contribution in [0.25, 0.3) is 4.85 Å². The van der Waals surface area contributed by atoms with Crippen LogP contribution in [0.5, 0.6) is 0 Å². The van der Waals surface area contributed by atoms with E-state index in [-0.39, 0.29) is 29.3 Å². The molecule has 1 amide bonds. The van der Waals surface area contributed by atoms with Gasteiger partial charge in [0.1, 0.15) is 6.10 Å². The summed E-state index contributed by atoms with van der Waals surface area (Å²) in [5.41, 5.74) is 4.38. The Morgan fingerprint density at radius 2 is 1.97 bits per heavy atom. The van der Waals surface area contributed by atoms with Crippen molar-refractivity contribution in [3.63, 3.8) is 0 Å². The number of hydrazone groups is 1. The van der Waals surface area contributed by atoms with Gasteiger partial charge in [0, 0.05) is 12.1 Å². The molecule has 1 fully saturated rings. The molecule has 4 atom stereocenters. The number of rotatable bonds is 5. The van der Waals surface area contributed by atoms with Crippen LogP contribution < -0.4 is 10.7 Å². The number of amidine groups is 1. The Labute approximate surface area is 199 Å². The first-order chi connectivity index (χ1) is 16.4. The molecule has 2 aliphatic heterocycles. The molecule has 2 heterocycles. The van der Waals surface area contributed by atoms with Crippen LogP contribution in [0.3, 0.4) is 0 Å². The molecular weight excluding hydrogens is 434 g/mol. The Bertz CT molecular complexity index is 1060. The molecule has 3 aliphatic rings. The number of ether oxygens (including phenoxy) is 1. The van der Waals surface area contributed by atoms with Gasteiger partial charge in [-0.1, -0.05) is 50.6 Å². The van der Waals surface area contributed by atoms with Crippen LogP contribution in [0.4, 0.5) is 10.5 Å². The van der Waals surface area contributed by atoms with Crippen LogP contribution in [0.15, 0.2) is 46.6 Å². The van der Waals surface area contributed by atoms with E-state index in [4.69, 9.17) is 21.2 Å². The smallest absolute Gasteiger partial charge is 0.361 e. The maximum Gasteiger partial charge on any atom is 0.420 e. The molecule has 34 heavy (non-hydrogen) atoms. The van der Waals surface area contributed by atoms with E-state index in [0.29, 0.717) is 29.4 Å². The fourth-order valence-corrected chi connectivity index (χ4v) is 5.75. The lowest BCUT2D eigenvalue weighted by atomic mass is 9.66. The first-order valence-electron chi connectivity index (χ1n) is 11.8. The van der Waals surface area contributed by atoms with E-state index in [1.165, 1.54) is 0 Å². The number of nitrogens with zero attached hydrogens (tertiary/aromatic N) is 3. The summed E-state index contributed by atoms with van der Waals surface area (Å²) in [6, 6.07) is 8.94. The second-order valence-electron chi connectivity index (χ2n) is 9.52. The van der Waals surface area contributed by atoms with Gasteiger partial charge in [-0.05, 0) is 48.6 Å². The van der Waals surface area contributed by atoms with E-state index in [1.807, 2.05) is 13.0 Å². The van der Waals surface area contributed by atoms with Crippen LogP contribution >= 0.6 is 0 Å². The number of amides is 1. The maximum atomic E-state index is 12.7. The Balaban J connectivity index is 1.70. The predicted octanol–water partition coefficient (Wildman–Crippen LogP) is 4.66. The van der Waals surface area contributed by atoms with Gasteiger partial charge >= 0.3 is 17.7 Å². The number of anilines is 1. The largest absolute Gasteiger partial charge is 0.420 e. The summed E-state index contributed by atoms with van der Waals surface area (Å²) < 4.78 is 7.24. The SMILES string of the molecule is [C-]#[N+]C1=C(C(OO)C2C(C)CC(C)CC2C)C2N=C(CC)N[N+]2=C1OC(=O)Nc1ccccc1. The molecule has 0 aromatic heterocycles. The minimum absolute atomic E-state index is 0.00632. The van der Waals surface area contributed by atoms with Crippen LogP contribution in [-0.2, 0) is 9.62 Å². The number of hydrogen-bond donors (Lipinski definition) is 3. The van der Waals surface area contributed by atoms with E-state index in [1.54, 1.807) is 28.9 Å². The zero-order valence-electron chi connectivity index (χ0n) is 20.0. The van der Waals surface area contributed by atoms with E-state index < -0.39 is 18.4 Å². The first-order valence-corrected chi connectivity index (χ1v) is 11.8. The van der Waals surface area contributed by atoms with Crippen molar-refractivity contribution in [3.05, 3.63) is 53.0 Å². The normalized spacial score (nSPS) is 29.2. The average Bonchev–Trinajstić information content (AvgIpc) is 3.34. The van der Waals surface area contributed by atoms with Crippen molar-refractivity contribution in [1.82, 2.24) is 5.43 Å². The second-order valence-corrected chi connectivity index (χ2v) is 9.52. The lowest BCUT2D eigenvalue weighted by Gasteiger charge is -2.41. The molecule has 1 aromatic rings. The van der Waals surface area contributed by atoms with Crippen molar-refractivity contribution in [1.29, 1.82) is 0 Å². The van der Waals surface area contributed by atoms with Crippen LogP contribution in [0.2, 0.25) is 0 Å². The molecule has 180 valence electrons. The van der Waals surface area contributed by atoms with Crippen molar-refractivity contribution in [2.45, 2.75) is 59.2 Å². The van der Waals surface area contributed by atoms with Gasteiger partial charge in [0.05, 0.1) is 12.1 Å². The van der Waals surface area contributed by atoms with Gasteiger partial charge in [-0.15, -0.1) is 5.43 Å². The van der Waals surface area contributed by atoms with E-state index in [9.17, 15) is 10.1 Å². The number of fused-ring (bicyclic) bond motifs is 1. The van der Waals surface area contributed by atoms with Gasteiger partial charge in [0.15, 0.2) is 5.84 Å². The van der Waals surface area contributed by atoms with Crippen molar-refractivity contribution >= 4 is 23.5 Å². The van der Waals surface area contributed by atoms with Gasteiger partial charge in [-0.2, -0.15) is 4.99 Å². The monoisotopic (exact) mass is 466 g/mol. The van der Waals surface area contributed by atoms with Crippen LogP contribution in [0.1, 0.15) is 47.0 Å². The van der Waals surface area contributed by atoms with Gasteiger partial charge in [-0.3, -0.25) is 10.6 Å². The zero-order valence-corrected chi connectivity index (χ0v) is 20.0. The minimum Gasteiger partial charge on any atom is -0.361 e. The lowest BCUT2D eigenvalue weighted by molar-refractivity contribution is -0.589. The van der Waals surface area contributed by atoms with E-state index in [0.717, 1.165) is 12.8 Å². The molecule has 1 saturated carbocycles. The predicted molar refractivity (Wildman–Crippen MR) is 128 cm³/mol. The summed E-state index contributed by atoms with van der Waals surface area (Å²) in [6.07, 6.45) is 0.568. The molecule has 9 heteroatoms. The third kappa shape index (κ3) is 4.43. The molecular formula is C25H32N5O4+. The molecule has 9 nitrogen and oxygen atoms in total. The summed E-state index contributed by atoms with van der Waals surface area (Å²) in [4.78, 5) is 26.3. The second kappa shape index (κ2) is 9.95. The fourth-order valence-electron chi connectivity index (χ4n) is 5.75. The molecule has 1 aromatic carbocycles. The quantitative estimate of drug-likeness (QED) is 0.254. The lowest BCUT2D eigenvalue weighted by Crippen LogP contribution is -2.42. The third-order valence-electron chi connectivity index (χ3n) is 7.03. The third-order valence-corrected chi connectivity index (χ3v) is 7.03. The Morgan fingerprint density at radius 3 is 2.56 bits per heavy atom. The molecule has 3 N–H and O–H groups in total. The number of benzene rings is 1. The number of para-hydroxylation sites is 1. The molecule has 4 unspecified atom stereocenters. The number of nitrogens with one attached hydrogen (secondary N) is 2. The molecule has 0 saturated heterocycles. The average molecular weight is 467 g/mol. The molecule has 0 radical (unpaired) electrons. The van der Waals surface area contributed by atoms with Crippen molar-refractivity contribution in [2.75, 3.05) is 5.32 Å². The molecule has 0 spiro atoms. The number of carbonyl (C=O) groups excluding carboxylic acids is 1. The van der Waals surface area contributed by atoms with Crippen LogP contribution in [0, 0.1) is 30.2 Å². The summed E-state index contributed by atoms with van der Waals surface area (Å²) >= 11 is 0. The van der Waals surface area contributed by atoms with Crippen LogP contribution in [-0.4, -0.2) is 40.0 Å². The van der Waals surface area contributed by atoms with Gasteiger partial charge in [-0.25, -0.2) is 14.5 Å². The number of aliphatic imine (C=N–C) groups is 1. The first kappa shape index (κ1) is 23.9. The number of carbonyl (C=O) groups is 1. The number of hydrogen-bond acceptors (Lipinski definition) is 6. The van der Waals surface area contributed by atoms with E-state index >= 15 is 0 Å². The van der Waals surface area contributed by atoms with Crippen molar-refractivity contribution in [2.24, 2.45) is 28.7 Å². The highest BCUT2D eigenvalue weighted by Crippen LogP contribution is 2.44. The molecule has 0 bridgehead atoms. The summed E-state index contributed by atoms with van der Waals surface area (Å²) in [5.74, 6) is 1.89. The standard InChI is InChI=1S/C25H31N5O4/c1-6-18-28-23-20(22(34-32)19-15(3)12-14(2)13-16(19)4)21(26-5)24(30(23)29-18)33-25(31)27-17-10-8-7-9-11-17/h7-11,14-16,19,22-23H,6,12-13H2,1-4H3,(H2-,27,28,29,31,32)/p+1. The topological polar surface area (TPSA) is 99.6 Å². The van der Waals surface area contributed by atoms with E-state index in [2.05, 4.69) is 36.4 Å². The zero-order chi connectivity index (χ0) is 24.4. The summed E-state index contributed by atoms with van der Waals surface area (Å²) in [6.45, 7) is 16.4. The Hall–Kier alpha value is -3.22. The highest BCUT2D eigenvalue weighted by Gasteiger charge is 2.54. The summed E-state index contributed by atoms with van der Waals surface area (Å²) in [7, 11) is 0. The molecule has 4 rings (SSSR count). The Morgan fingerprint density at radius 1 is 1.29 bits per heavy atom. The Kier molecular flexibility index (Phi) is 7.00. The highest BCUT2D eigenvalue weighted by molar-refractivity contribution is 6.03. The molecule has 1 aliphatic carbocycles. The summed E-state index contributed by atoms with van der Waals surface area (Å²) in [5, 5.41) is 12.8. The number of hydrazine groups is 1. The van der Waals surface area contributed by atoms with Crippen molar-refractivity contribution in [3.8, 4) is 0 Å². The minimum atomic E-state index is -0.742. The van der Waals surface area contributed by atoms with Gasteiger partial charge < -0.3 is 4.74 Å². The maximum absolute atomic E-state index is 12.7. The van der Waals surface area contributed by atoms with Gasteiger partial charge in [0.25, 0.3) is 6.17 Å². The highest BCUT2D eigenvalue weighted by atomic mass is 17.1. The van der Waals surface area contributed by atoms with Crippen molar-refractivity contribution < 1.29 is 24.4 Å². The fraction of sp³-hybridized carbons (Fsp3) is 0.520. The van der Waals surface area contributed by atoms with Gasteiger partial charge in [0.2, 0.25) is 0 Å².